The largest absolute Gasteiger partial charge is 0.276 e. The molecule has 10 nitrogen and oxygen atoms in total. The van der Waals surface area contributed by atoms with Crippen LogP contribution in [0.5, 0.6) is 0 Å². The van der Waals surface area contributed by atoms with Gasteiger partial charge in [-0.15, -0.1) is 0 Å². The first-order chi connectivity index (χ1) is 41.7. The van der Waals surface area contributed by atoms with E-state index in [-0.39, 0.29) is 21.7 Å². The second kappa shape index (κ2) is 13.8. The van der Waals surface area contributed by atoms with Crippen LogP contribution in [0.15, 0.2) is 170 Å². The lowest BCUT2D eigenvalue weighted by molar-refractivity contribution is 0.660. The number of imidazole rings is 8. The van der Waals surface area contributed by atoms with Crippen LogP contribution in [0.25, 0.3) is 156 Å². The van der Waals surface area contributed by atoms with E-state index in [9.17, 15) is 0 Å². The maximum Gasteiger partial charge on any atom is 0.223 e. The van der Waals surface area contributed by atoms with Gasteiger partial charge in [-0.05, 0) is 150 Å². The second-order valence-corrected chi connectivity index (χ2v) is 27.5. The molecular formula is C76H52N10. The summed E-state index contributed by atoms with van der Waals surface area (Å²) >= 11 is 0. The number of rotatable bonds is 1. The van der Waals surface area contributed by atoms with Crippen LogP contribution in [0.1, 0.15) is 99.9 Å². The molecule has 0 aliphatic heterocycles. The molecule has 0 N–H and O–H groups in total. The molecule has 0 saturated heterocycles. The van der Waals surface area contributed by atoms with E-state index in [4.69, 9.17) is 19.9 Å². The zero-order valence-corrected chi connectivity index (χ0v) is 48.6. The van der Waals surface area contributed by atoms with Crippen molar-refractivity contribution >= 4 is 100 Å². The zero-order valence-electron chi connectivity index (χ0n) is 48.6. The third-order valence-electron chi connectivity index (χ3n) is 22.0. The van der Waals surface area contributed by atoms with Crippen molar-refractivity contribution < 1.29 is 0 Å². The minimum atomic E-state index is -0.334. The van der Waals surface area contributed by atoms with Crippen molar-refractivity contribution in [2.75, 3.05) is 0 Å². The summed E-state index contributed by atoms with van der Waals surface area (Å²) in [5, 5.41) is 0. The number of hydrogen-bond acceptors (Lipinski definition) is 4. The molecule has 0 amide bonds. The van der Waals surface area contributed by atoms with Gasteiger partial charge in [0.15, 0.2) is 0 Å². The fourth-order valence-corrected chi connectivity index (χ4v) is 18.2. The Morgan fingerprint density at radius 3 is 1.30 bits per heavy atom. The molecule has 0 saturated carbocycles. The van der Waals surface area contributed by atoms with Crippen LogP contribution in [0.4, 0.5) is 0 Å². The first kappa shape index (κ1) is 45.2. The Bertz CT molecular complexity index is 6330. The SMILES string of the molecule is CC1(C)c2ccccc2-c2c1ccc1nc3n(c4cccc5c4n3c3nc4ccc6c(c4n53)-c3ccc(-c4ccc5c(c4)C(C)(C)c4c-5ccc5c4nc4n5c5cccc7c5n4c4nc5ccc8c(c5n74)C(C)(C)c4ccccc4-8)cc3C6(C)C)c21. The molecule has 4 aliphatic carbocycles. The van der Waals surface area contributed by atoms with Crippen LogP contribution in [-0.4, -0.2) is 46.3 Å². The molecule has 86 heavy (non-hydrogen) atoms. The highest BCUT2D eigenvalue weighted by Gasteiger charge is 2.44. The zero-order chi connectivity index (χ0) is 56.9. The van der Waals surface area contributed by atoms with E-state index in [1.807, 2.05) is 0 Å². The Morgan fingerprint density at radius 1 is 0.267 bits per heavy atom. The number of fused-ring (bicyclic) bond motifs is 36. The number of para-hydroxylation sites is 2. The van der Waals surface area contributed by atoms with Crippen LogP contribution in [0.2, 0.25) is 0 Å². The number of aromatic nitrogens is 10. The first-order valence-electron chi connectivity index (χ1n) is 30.3. The summed E-state index contributed by atoms with van der Waals surface area (Å²) in [5.41, 5.74) is 38.0. The predicted octanol–water partition coefficient (Wildman–Crippen LogP) is 17.5. The van der Waals surface area contributed by atoms with Crippen molar-refractivity contribution in [1.29, 1.82) is 0 Å². The third-order valence-corrected chi connectivity index (χ3v) is 22.0. The highest BCUT2D eigenvalue weighted by atomic mass is 15.3. The van der Waals surface area contributed by atoms with Crippen LogP contribution >= 0.6 is 0 Å². The van der Waals surface area contributed by atoms with Gasteiger partial charge in [-0.2, -0.15) is 0 Å². The van der Waals surface area contributed by atoms with Gasteiger partial charge in [0.2, 0.25) is 23.1 Å². The third kappa shape index (κ3) is 4.64. The first-order valence-corrected chi connectivity index (χ1v) is 30.3. The molecule has 0 bridgehead atoms. The fourth-order valence-electron chi connectivity index (χ4n) is 18.2. The summed E-state index contributed by atoms with van der Waals surface area (Å²) < 4.78 is 14.3. The second-order valence-electron chi connectivity index (χ2n) is 27.5. The molecular weight excluding hydrogens is 1050 g/mol. The van der Waals surface area contributed by atoms with E-state index in [0.717, 1.165) is 89.3 Å². The quantitative estimate of drug-likeness (QED) is 0.164. The molecule has 4 aliphatic rings. The van der Waals surface area contributed by atoms with Gasteiger partial charge in [0.25, 0.3) is 0 Å². The lowest BCUT2D eigenvalue weighted by Crippen LogP contribution is -2.16. The topological polar surface area (TPSA) is 78.0 Å². The smallest absolute Gasteiger partial charge is 0.223 e. The van der Waals surface area contributed by atoms with Gasteiger partial charge in [-0.1, -0.05) is 165 Å². The molecule has 406 valence electrons. The maximum absolute atomic E-state index is 5.73. The van der Waals surface area contributed by atoms with Crippen LogP contribution in [0, 0.1) is 0 Å². The van der Waals surface area contributed by atoms with Gasteiger partial charge in [-0.3, -0.25) is 17.6 Å². The Labute approximate surface area is 491 Å². The highest BCUT2D eigenvalue weighted by Crippen LogP contribution is 2.58. The number of nitrogens with zero attached hydrogens (tertiary/aromatic N) is 10. The Kier molecular flexibility index (Phi) is 7.22. The fraction of sp³-hybridized carbons (Fsp3) is 0.158. The van der Waals surface area contributed by atoms with E-state index in [1.54, 1.807) is 0 Å². The molecule has 0 unspecified atom stereocenters. The molecule has 0 spiro atoms. The average Bonchev–Trinajstić information content (AvgIpc) is 1.52. The van der Waals surface area contributed by atoms with Crippen molar-refractivity contribution in [3.05, 3.63) is 214 Å². The van der Waals surface area contributed by atoms with E-state index in [0.29, 0.717) is 0 Å². The minimum Gasteiger partial charge on any atom is -0.276 e. The Morgan fingerprint density at radius 2 is 0.686 bits per heavy atom. The molecule has 0 fully saturated rings. The normalized spacial score (nSPS) is 16.5. The minimum absolute atomic E-state index is 0.114. The summed E-state index contributed by atoms with van der Waals surface area (Å²) in [6.07, 6.45) is 0. The van der Waals surface area contributed by atoms with Crippen LogP contribution < -0.4 is 0 Å². The summed E-state index contributed by atoms with van der Waals surface area (Å²) in [6.45, 7) is 19.0. The predicted molar refractivity (Wildman–Crippen MR) is 346 cm³/mol. The van der Waals surface area contributed by atoms with E-state index in [1.165, 1.54) is 111 Å². The van der Waals surface area contributed by atoms with Crippen LogP contribution in [0.3, 0.4) is 0 Å². The molecule has 10 heteroatoms. The van der Waals surface area contributed by atoms with Gasteiger partial charge in [-0.25, -0.2) is 28.7 Å². The average molecular weight is 1110 g/mol. The molecule has 8 heterocycles. The monoisotopic (exact) mass is 1100 g/mol. The molecule has 18 aromatic rings. The number of benzene rings is 10. The standard InChI is InChI=1S/C76H52N10/c1-73(2)46-18-12-10-16-43(46)59-47(73)29-32-51-64(59)82-56-20-14-21-57-68(56)85(69(82)77-51)70-78-52-33-30-48-60(65(52)83(57)70)44-26-24-38(36-50(44)74(48,3)4)37-23-25-40-41-28-34-54-63(61(41)76(7,8)49(40)35-37)80-72-81(54)55-19-13-22-58-67(55)86(72)71-79-53-31-27-42-39-15-9-11-17-45(39)75(5,6)62(42)66(53)84(58)71/h9-36H,1-8H3. The maximum atomic E-state index is 5.73. The summed E-state index contributed by atoms with van der Waals surface area (Å²) in [4.78, 5) is 22.2. The van der Waals surface area contributed by atoms with Crippen molar-refractivity contribution in [2.24, 2.45) is 0 Å². The van der Waals surface area contributed by atoms with Gasteiger partial charge < -0.3 is 0 Å². The van der Waals surface area contributed by atoms with Crippen molar-refractivity contribution in [3.8, 4) is 55.6 Å². The lowest BCUT2D eigenvalue weighted by atomic mass is 9.80. The Hall–Kier alpha value is -10.3. The van der Waals surface area contributed by atoms with Gasteiger partial charge in [0.1, 0.15) is 11.0 Å². The summed E-state index contributed by atoms with van der Waals surface area (Å²) in [6, 6.07) is 63.9. The number of hydrogen-bond donors (Lipinski definition) is 0. The molecule has 8 aromatic heterocycles. The molecule has 22 rings (SSSR count). The Balaban J connectivity index is 0.683. The van der Waals surface area contributed by atoms with Gasteiger partial charge in [0, 0.05) is 32.8 Å². The molecule has 0 radical (unpaired) electrons. The molecule has 10 aromatic carbocycles. The van der Waals surface area contributed by atoms with Gasteiger partial charge in [0.05, 0.1) is 66.2 Å². The van der Waals surface area contributed by atoms with E-state index >= 15 is 0 Å². The lowest BCUT2D eigenvalue weighted by Gasteiger charge is -2.23. The highest BCUT2D eigenvalue weighted by molar-refractivity contribution is 6.11. The van der Waals surface area contributed by atoms with Crippen molar-refractivity contribution in [1.82, 2.24) is 46.3 Å². The molecule has 0 atom stereocenters. The summed E-state index contributed by atoms with van der Waals surface area (Å²) in [5.74, 6) is 3.57. The van der Waals surface area contributed by atoms with E-state index < -0.39 is 0 Å². The van der Waals surface area contributed by atoms with Gasteiger partial charge >= 0.3 is 0 Å². The van der Waals surface area contributed by atoms with Crippen molar-refractivity contribution in [3.63, 3.8) is 0 Å². The summed E-state index contributed by atoms with van der Waals surface area (Å²) in [7, 11) is 0. The van der Waals surface area contributed by atoms with E-state index in [2.05, 4.69) is 252 Å². The van der Waals surface area contributed by atoms with Crippen molar-refractivity contribution in [2.45, 2.75) is 77.0 Å². The van der Waals surface area contributed by atoms with Crippen LogP contribution in [-0.2, 0) is 21.7 Å².